The average molecular weight is 391 g/mol. The highest BCUT2D eigenvalue weighted by Crippen LogP contribution is 2.23. The maximum atomic E-state index is 12.8. The van der Waals surface area contributed by atoms with Gasteiger partial charge < -0.3 is 10.6 Å². The summed E-state index contributed by atoms with van der Waals surface area (Å²) >= 11 is 0. The second kappa shape index (κ2) is 9.48. The summed E-state index contributed by atoms with van der Waals surface area (Å²) in [4.78, 5) is 16.3. The lowest BCUT2D eigenvalue weighted by atomic mass is 10.2. The molecule has 0 saturated heterocycles. The number of benzene rings is 1. The van der Waals surface area contributed by atoms with Crippen molar-refractivity contribution < 1.29 is 13.2 Å². The summed E-state index contributed by atoms with van der Waals surface area (Å²) in [6.45, 7) is 6.58. The highest BCUT2D eigenvalue weighted by Gasteiger charge is 2.24. The molecule has 7 nitrogen and oxygen atoms in total. The summed E-state index contributed by atoms with van der Waals surface area (Å²) in [5.74, 6) is 0. The molecule has 1 aromatic carbocycles. The molecule has 2 N–H and O–H groups in total. The van der Waals surface area contributed by atoms with E-state index in [1.807, 2.05) is 12.1 Å². The SMILES string of the molecule is CCN(CC)S(=O)(=O)c1cc(NC(=O)NCCc2cccnc2)ccc1C. The molecule has 0 saturated carbocycles. The minimum absolute atomic E-state index is 0.208. The summed E-state index contributed by atoms with van der Waals surface area (Å²) in [5.41, 5.74) is 2.11. The van der Waals surface area contributed by atoms with E-state index >= 15 is 0 Å². The predicted molar refractivity (Wildman–Crippen MR) is 106 cm³/mol. The fourth-order valence-electron chi connectivity index (χ4n) is 2.70. The highest BCUT2D eigenvalue weighted by molar-refractivity contribution is 7.89. The molecule has 0 bridgehead atoms. The monoisotopic (exact) mass is 390 g/mol. The van der Waals surface area contributed by atoms with Crippen LogP contribution in [0.1, 0.15) is 25.0 Å². The van der Waals surface area contributed by atoms with Gasteiger partial charge in [-0.2, -0.15) is 4.31 Å². The molecule has 0 spiro atoms. The van der Waals surface area contributed by atoms with Crippen LogP contribution in [0.4, 0.5) is 10.5 Å². The van der Waals surface area contributed by atoms with E-state index in [9.17, 15) is 13.2 Å². The number of pyridine rings is 1. The van der Waals surface area contributed by atoms with Crippen molar-refractivity contribution in [3.63, 3.8) is 0 Å². The minimum atomic E-state index is -3.59. The molecule has 2 amide bonds. The van der Waals surface area contributed by atoms with Gasteiger partial charge in [0.1, 0.15) is 0 Å². The van der Waals surface area contributed by atoms with Crippen molar-refractivity contribution in [1.82, 2.24) is 14.6 Å². The number of urea groups is 1. The Balaban J connectivity index is 2.03. The Bertz CT molecular complexity index is 866. The van der Waals surface area contributed by atoms with Gasteiger partial charge in [-0.1, -0.05) is 26.0 Å². The van der Waals surface area contributed by atoms with Crippen LogP contribution in [-0.2, 0) is 16.4 Å². The molecule has 1 aromatic heterocycles. The van der Waals surface area contributed by atoms with Gasteiger partial charge in [0.2, 0.25) is 10.0 Å². The molecule has 0 unspecified atom stereocenters. The molecule has 0 fully saturated rings. The van der Waals surface area contributed by atoms with Gasteiger partial charge in [-0.15, -0.1) is 0 Å². The van der Waals surface area contributed by atoms with E-state index in [-0.39, 0.29) is 10.9 Å². The van der Waals surface area contributed by atoms with E-state index in [4.69, 9.17) is 0 Å². The Labute approximate surface area is 160 Å². The quantitative estimate of drug-likeness (QED) is 0.725. The third-order valence-electron chi connectivity index (χ3n) is 4.19. The summed E-state index contributed by atoms with van der Waals surface area (Å²) in [5, 5.41) is 5.45. The van der Waals surface area contributed by atoms with E-state index < -0.39 is 10.0 Å². The third kappa shape index (κ3) is 5.51. The molecule has 0 aliphatic carbocycles. The van der Waals surface area contributed by atoms with Gasteiger partial charge >= 0.3 is 6.03 Å². The summed E-state index contributed by atoms with van der Waals surface area (Å²) in [6, 6.07) is 8.30. The number of anilines is 1. The van der Waals surface area contributed by atoms with Gasteiger partial charge in [0.05, 0.1) is 4.90 Å². The smallest absolute Gasteiger partial charge is 0.319 e. The van der Waals surface area contributed by atoms with Gasteiger partial charge in [-0.3, -0.25) is 4.98 Å². The number of sulfonamides is 1. The zero-order valence-corrected chi connectivity index (χ0v) is 16.7. The highest BCUT2D eigenvalue weighted by atomic mass is 32.2. The van der Waals surface area contributed by atoms with Crippen LogP contribution in [0.5, 0.6) is 0 Å². The molecular weight excluding hydrogens is 364 g/mol. The Kier molecular flexibility index (Phi) is 7.32. The van der Waals surface area contributed by atoms with Crippen LogP contribution in [0, 0.1) is 6.92 Å². The fraction of sp³-hybridized carbons (Fsp3) is 0.368. The Morgan fingerprint density at radius 1 is 1.19 bits per heavy atom. The van der Waals surface area contributed by atoms with E-state index in [2.05, 4.69) is 15.6 Å². The molecule has 8 heteroatoms. The van der Waals surface area contributed by atoms with Gasteiger partial charge in [-0.25, -0.2) is 13.2 Å². The average Bonchev–Trinajstić information content (AvgIpc) is 2.65. The van der Waals surface area contributed by atoms with Crippen molar-refractivity contribution in [3.8, 4) is 0 Å². The zero-order chi connectivity index (χ0) is 19.9. The first-order chi connectivity index (χ1) is 12.9. The second-order valence-corrected chi connectivity index (χ2v) is 7.97. The number of hydrogen-bond acceptors (Lipinski definition) is 4. The standard InChI is InChI=1S/C19H26N4O3S/c1-4-23(5-2)27(25,26)18-13-17(9-8-15(18)3)22-19(24)21-12-10-16-7-6-11-20-14-16/h6-9,11,13-14H,4-5,10,12H2,1-3H3,(H2,21,22,24). The van der Waals surface area contributed by atoms with Crippen molar-refractivity contribution in [1.29, 1.82) is 0 Å². The van der Waals surface area contributed by atoms with E-state index in [1.165, 1.54) is 10.4 Å². The first-order valence-electron chi connectivity index (χ1n) is 8.93. The molecule has 2 aromatic rings. The number of carbonyl (C=O) groups is 1. The van der Waals surface area contributed by atoms with E-state index in [0.29, 0.717) is 37.3 Å². The van der Waals surface area contributed by atoms with Gasteiger partial charge in [0.15, 0.2) is 0 Å². The van der Waals surface area contributed by atoms with Crippen LogP contribution in [0.15, 0.2) is 47.6 Å². The molecule has 2 rings (SSSR count). The van der Waals surface area contributed by atoms with E-state index in [1.54, 1.807) is 45.3 Å². The number of nitrogens with one attached hydrogen (secondary N) is 2. The lowest BCUT2D eigenvalue weighted by Crippen LogP contribution is -2.32. The largest absolute Gasteiger partial charge is 0.338 e. The minimum Gasteiger partial charge on any atom is -0.338 e. The topological polar surface area (TPSA) is 91.4 Å². The molecule has 0 aliphatic rings. The second-order valence-electron chi connectivity index (χ2n) is 6.06. The van der Waals surface area contributed by atoms with Crippen molar-refractivity contribution in [2.24, 2.45) is 0 Å². The van der Waals surface area contributed by atoms with Gasteiger partial charge in [0.25, 0.3) is 0 Å². The predicted octanol–water partition coefficient (Wildman–Crippen LogP) is 2.78. The Hall–Kier alpha value is -2.45. The molecule has 0 radical (unpaired) electrons. The summed E-state index contributed by atoms with van der Waals surface area (Å²) in [6.07, 6.45) is 4.12. The van der Waals surface area contributed by atoms with Gasteiger partial charge in [-0.05, 0) is 42.7 Å². The molecule has 146 valence electrons. The molecule has 0 aliphatic heterocycles. The Morgan fingerprint density at radius 3 is 2.56 bits per heavy atom. The number of carbonyl (C=O) groups excluding carboxylic acids is 1. The maximum absolute atomic E-state index is 12.8. The first kappa shape index (κ1) is 20.9. The van der Waals surface area contributed by atoms with Gasteiger partial charge in [0, 0.05) is 37.7 Å². The van der Waals surface area contributed by atoms with Crippen molar-refractivity contribution >= 4 is 21.7 Å². The lowest BCUT2D eigenvalue weighted by molar-refractivity contribution is 0.252. The third-order valence-corrected chi connectivity index (χ3v) is 6.38. The summed E-state index contributed by atoms with van der Waals surface area (Å²) in [7, 11) is -3.59. The van der Waals surface area contributed by atoms with Crippen molar-refractivity contribution in [2.45, 2.75) is 32.1 Å². The number of nitrogens with zero attached hydrogens (tertiary/aromatic N) is 2. The summed E-state index contributed by atoms with van der Waals surface area (Å²) < 4.78 is 26.9. The first-order valence-corrected chi connectivity index (χ1v) is 10.4. The number of rotatable bonds is 8. The molecule has 0 atom stereocenters. The zero-order valence-electron chi connectivity index (χ0n) is 15.9. The van der Waals surface area contributed by atoms with Crippen LogP contribution in [0.25, 0.3) is 0 Å². The normalized spacial score (nSPS) is 11.4. The van der Waals surface area contributed by atoms with E-state index in [0.717, 1.165) is 5.56 Å². The van der Waals surface area contributed by atoms with Crippen LogP contribution in [0.2, 0.25) is 0 Å². The number of hydrogen-bond donors (Lipinski definition) is 2. The van der Waals surface area contributed by atoms with Crippen molar-refractivity contribution in [2.75, 3.05) is 25.0 Å². The van der Waals surface area contributed by atoms with Crippen molar-refractivity contribution in [3.05, 3.63) is 53.9 Å². The van der Waals surface area contributed by atoms with Crippen LogP contribution >= 0.6 is 0 Å². The lowest BCUT2D eigenvalue weighted by Gasteiger charge is -2.20. The fourth-order valence-corrected chi connectivity index (χ4v) is 4.41. The molecule has 27 heavy (non-hydrogen) atoms. The van der Waals surface area contributed by atoms with Crippen LogP contribution < -0.4 is 10.6 Å². The molecule has 1 heterocycles. The van der Waals surface area contributed by atoms with Crippen LogP contribution in [-0.4, -0.2) is 43.4 Å². The molecular formula is C19H26N4O3S. The Morgan fingerprint density at radius 2 is 1.93 bits per heavy atom. The number of aromatic nitrogens is 1. The number of amides is 2. The van der Waals surface area contributed by atoms with Crippen LogP contribution in [0.3, 0.4) is 0 Å². The number of aryl methyl sites for hydroxylation is 1. The maximum Gasteiger partial charge on any atom is 0.319 e.